The van der Waals surface area contributed by atoms with E-state index < -0.39 is 0 Å². The minimum absolute atomic E-state index is 0.142. The molecule has 5 bridgehead atoms. The summed E-state index contributed by atoms with van der Waals surface area (Å²) in [6.07, 6.45) is 15.1. The molecule has 0 aromatic carbocycles. The lowest BCUT2D eigenvalue weighted by Gasteiger charge is -2.53. The molecule has 0 aromatic rings. The van der Waals surface area contributed by atoms with E-state index in [2.05, 4.69) is 35.4 Å². The number of Topliss-reactive ketones (excluding diaryl/α,β-unsaturated/α-hetero) is 1. The SMILES string of the molecule is CC1CCC2CC3=C4CCCC(N=C(N)N)C5(CCCCC5)SSCCC2(C)C31CC4=O. The molecule has 2 spiro atoms. The third-order valence-electron chi connectivity index (χ3n) is 10.3. The molecule has 3 saturated carbocycles. The first-order chi connectivity index (χ1) is 15.3. The van der Waals surface area contributed by atoms with Gasteiger partial charge in [-0.25, -0.2) is 4.99 Å². The predicted octanol–water partition coefficient (Wildman–Crippen LogP) is 6.00. The van der Waals surface area contributed by atoms with Crippen LogP contribution in [0.5, 0.6) is 0 Å². The van der Waals surface area contributed by atoms with E-state index in [9.17, 15) is 4.79 Å². The molecule has 4 nitrogen and oxygen atoms in total. The number of allylic oxidation sites excluding steroid dienone is 2. The lowest BCUT2D eigenvalue weighted by Crippen LogP contribution is -2.47. The summed E-state index contributed by atoms with van der Waals surface area (Å²) in [5.41, 5.74) is 15.1. The molecule has 1 aliphatic heterocycles. The zero-order valence-electron chi connectivity index (χ0n) is 20.0. The fourth-order valence-electron chi connectivity index (χ4n) is 8.59. The Kier molecular flexibility index (Phi) is 6.18. The number of nitrogens with zero attached hydrogens (tertiary/aromatic N) is 1. The van der Waals surface area contributed by atoms with Gasteiger partial charge in [-0.1, -0.05) is 60.3 Å². The molecule has 3 fully saturated rings. The molecule has 32 heavy (non-hydrogen) atoms. The maximum absolute atomic E-state index is 13.4. The quantitative estimate of drug-likeness (QED) is 0.276. The van der Waals surface area contributed by atoms with Gasteiger partial charge in [0, 0.05) is 22.3 Å². The standard InChI is InChI=1S/C26H41N3OS2/c1-17-9-10-18-15-20-19-7-6-8-22(29-23(27)28)25(11-4-3-5-12-25)32-31-14-13-24(18,2)26(17,20)16-21(19)30/h17-18,22H,3-16H2,1-2H3,(H4,27,28,29). The number of hydrogen-bond acceptors (Lipinski definition) is 4. The molecule has 5 atom stereocenters. The van der Waals surface area contributed by atoms with Crippen LogP contribution in [-0.4, -0.2) is 28.3 Å². The Morgan fingerprint density at radius 1 is 1.06 bits per heavy atom. The van der Waals surface area contributed by atoms with Crippen molar-refractivity contribution in [2.24, 2.45) is 39.1 Å². The molecule has 1 heterocycles. The van der Waals surface area contributed by atoms with Crippen LogP contribution in [0, 0.1) is 22.7 Å². The van der Waals surface area contributed by atoms with Crippen LogP contribution in [0.15, 0.2) is 16.1 Å². The monoisotopic (exact) mass is 475 g/mol. The molecule has 5 unspecified atom stereocenters. The summed E-state index contributed by atoms with van der Waals surface area (Å²) in [7, 11) is 4.18. The van der Waals surface area contributed by atoms with Gasteiger partial charge in [0.2, 0.25) is 0 Å². The van der Waals surface area contributed by atoms with Gasteiger partial charge in [-0.3, -0.25) is 4.79 Å². The van der Waals surface area contributed by atoms with E-state index in [1.165, 1.54) is 69.1 Å². The van der Waals surface area contributed by atoms with Gasteiger partial charge < -0.3 is 11.5 Å². The summed E-state index contributed by atoms with van der Waals surface area (Å²) in [4.78, 5) is 18.2. The molecule has 5 aliphatic rings. The Bertz CT molecular complexity index is 829. The first-order valence-electron chi connectivity index (χ1n) is 13.0. The van der Waals surface area contributed by atoms with E-state index >= 15 is 0 Å². The number of carbonyl (C=O) groups excluding carboxylic acids is 1. The molecular weight excluding hydrogens is 434 g/mol. The van der Waals surface area contributed by atoms with Crippen LogP contribution >= 0.6 is 21.6 Å². The number of hydrogen-bond donors (Lipinski definition) is 2. The Hall–Kier alpha value is -0.620. The maximum atomic E-state index is 13.4. The third-order valence-corrected chi connectivity index (χ3v) is 13.6. The molecule has 4 aliphatic carbocycles. The summed E-state index contributed by atoms with van der Waals surface area (Å²) < 4.78 is 0.142. The fourth-order valence-corrected chi connectivity index (χ4v) is 12.2. The average Bonchev–Trinajstić information content (AvgIpc) is 3.10. The highest BCUT2D eigenvalue weighted by Crippen LogP contribution is 2.74. The van der Waals surface area contributed by atoms with E-state index in [0.717, 1.165) is 31.6 Å². The van der Waals surface area contributed by atoms with Gasteiger partial charge >= 0.3 is 0 Å². The molecular formula is C26H41N3OS2. The minimum Gasteiger partial charge on any atom is -0.370 e. The van der Waals surface area contributed by atoms with Crippen molar-refractivity contribution in [2.75, 3.05) is 5.75 Å². The van der Waals surface area contributed by atoms with Gasteiger partial charge in [-0.2, -0.15) is 0 Å². The lowest BCUT2D eigenvalue weighted by molar-refractivity contribution is -0.120. The lowest BCUT2D eigenvalue weighted by atomic mass is 9.51. The Balaban J connectivity index is 1.51. The first-order valence-corrected chi connectivity index (χ1v) is 15.3. The molecule has 0 aromatic heterocycles. The molecule has 0 radical (unpaired) electrons. The van der Waals surface area contributed by atoms with Gasteiger partial charge in [-0.15, -0.1) is 0 Å². The number of rotatable bonds is 1. The van der Waals surface area contributed by atoms with Crippen molar-refractivity contribution >= 4 is 33.3 Å². The molecule has 4 N–H and O–H groups in total. The number of aliphatic imine (C=N–C) groups is 1. The highest BCUT2D eigenvalue weighted by Gasteiger charge is 2.67. The largest absolute Gasteiger partial charge is 0.370 e. The fraction of sp³-hybridized carbons (Fsp3) is 0.846. The maximum Gasteiger partial charge on any atom is 0.186 e. The summed E-state index contributed by atoms with van der Waals surface area (Å²) in [6.45, 7) is 5.00. The van der Waals surface area contributed by atoms with E-state index in [1.54, 1.807) is 5.57 Å². The molecule has 0 saturated heterocycles. The molecule has 0 amide bonds. The van der Waals surface area contributed by atoms with E-state index in [4.69, 9.17) is 16.5 Å². The summed E-state index contributed by atoms with van der Waals surface area (Å²) in [5, 5.41) is 0. The van der Waals surface area contributed by atoms with Crippen LogP contribution in [0.2, 0.25) is 0 Å². The van der Waals surface area contributed by atoms with Gasteiger partial charge in [-0.05, 0) is 80.6 Å². The second kappa shape index (κ2) is 8.55. The van der Waals surface area contributed by atoms with Crippen LogP contribution < -0.4 is 11.5 Å². The van der Waals surface area contributed by atoms with Gasteiger partial charge in [0.1, 0.15) is 0 Å². The Labute approximate surface area is 202 Å². The normalized spacial score (nSPS) is 41.7. The van der Waals surface area contributed by atoms with Crippen molar-refractivity contribution in [3.8, 4) is 0 Å². The van der Waals surface area contributed by atoms with Crippen molar-refractivity contribution in [3.63, 3.8) is 0 Å². The number of nitrogens with two attached hydrogens (primary N) is 2. The van der Waals surface area contributed by atoms with Gasteiger partial charge in [0.05, 0.1) is 6.04 Å². The zero-order chi connectivity index (χ0) is 22.6. The Morgan fingerprint density at radius 2 is 1.84 bits per heavy atom. The van der Waals surface area contributed by atoms with Crippen molar-refractivity contribution in [1.82, 2.24) is 0 Å². The van der Waals surface area contributed by atoms with Crippen molar-refractivity contribution in [3.05, 3.63) is 11.1 Å². The summed E-state index contributed by atoms with van der Waals surface area (Å²) in [5.74, 6) is 3.25. The second-order valence-corrected chi connectivity index (χ2v) is 14.4. The number of ketones is 1. The highest BCUT2D eigenvalue weighted by molar-refractivity contribution is 8.77. The number of carbonyl (C=O) groups is 1. The van der Waals surface area contributed by atoms with Crippen molar-refractivity contribution in [2.45, 2.75) is 108 Å². The smallest absolute Gasteiger partial charge is 0.186 e. The topological polar surface area (TPSA) is 81.5 Å². The minimum atomic E-state index is 0.142. The van der Waals surface area contributed by atoms with Crippen LogP contribution in [0.25, 0.3) is 0 Å². The van der Waals surface area contributed by atoms with Crippen LogP contribution in [-0.2, 0) is 4.79 Å². The van der Waals surface area contributed by atoms with E-state index in [1.807, 2.05) is 0 Å². The van der Waals surface area contributed by atoms with Crippen molar-refractivity contribution in [1.29, 1.82) is 0 Å². The van der Waals surface area contributed by atoms with E-state index in [0.29, 0.717) is 11.7 Å². The van der Waals surface area contributed by atoms with Crippen LogP contribution in [0.4, 0.5) is 0 Å². The zero-order valence-corrected chi connectivity index (χ0v) is 21.6. The number of guanidine groups is 1. The van der Waals surface area contributed by atoms with Crippen LogP contribution in [0.1, 0.15) is 97.3 Å². The summed E-state index contributed by atoms with van der Waals surface area (Å²) in [6, 6.07) is 0.160. The third kappa shape index (κ3) is 3.40. The van der Waals surface area contributed by atoms with Crippen LogP contribution in [0.3, 0.4) is 0 Å². The molecule has 178 valence electrons. The second-order valence-electron chi connectivity index (χ2n) is 11.6. The molecule has 5 rings (SSSR count). The Morgan fingerprint density at radius 3 is 2.59 bits per heavy atom. The molecule has 6 heteroatoms. The summed E-state index contributed by atoms with van der Waals surface area (Å²) >= 11 is 0. The predicted molar refractivity (Wildman–Crippen MR) is 138 cm³/mol. The van der Waals surface area contributed by atoms with Gasteiger partial charge in [0.15, 0.2) is 11.7 Å². The average molecular weight is 476 g/mol. The first kappa shape index (κ1) is 23.1. The van der Waals surface area contributed by atoms with Crippen molar-refractivity contribution < 1.29 is 4.79 Å². The van der Waals surface area contributed by atoms with Gasteiger partial charge in [0.25, 0.3) is 0 Å². The van der Waals surface area contributed by atoms with E-state index in [-0.39, 0.29) is 27.6 Å². The highest BCUT2D eigenvalue weighted by atomic mass is 33.1.